The summed E-state index contributed by atoms with van der Waals surface area (Å²) in [5.74, 6) is 0.892. The van der Waals surface area contributed by atoms with Gasteiger partial charge in [0.05, 0.1) is 6.04 Å². The smallest absolute Gasteiger partial charge is 0.238 e. The van der Waals surface area contributed by atoms with Crippen LogP contribution in [-0.4, -0.2) is 44.0 Å². The molecule has 2 aliphatic rings. The number of nitrogens with one attached hydrogen (secondary N) is 1. The summed E-state index contributed by atoms with van der Waals surface area (Å²) in [5.41, 5.74) is 5.52. The van der Waals surface area contributed by atoms with Crippen LogP contribution in [0.1, 0.15) is 30.9 Å². The van der Waals surface area contributed by atoms with E-state index in [9.17, 15) is 4.79 Å². The third kappa shape index (κ3) is 3.68. The summed E-state index contributed by atoms with van der Waals surface area (Å²) in [4.78, 5) is 15.5. The second kappa shape index (κ2) is 8.32. The number of hydrogen-bond acceptors (Lipinski definition) is 5. The first-order chi connectivity index (χ1) is 14.7. The molecule has 2 aromatic carbocycles. The van der Waals surface area contributed by atoms with Gasteiger partial charge >= 0.3 is 0 Å². The molecule has 0 saturated carbocycles. The third-order valence-corrected chi connectivity index (χ3v) is 7.06. The Kier molecular flexibility index (Phi) is 5.39. The van der Waals surface area contributed by atoms with Crippen LogP contribution in [0.25, 0.3) is 11.4 Å². The first-order valence-corrected chi connectivity index (χ1v) is 11.4. The van der Waals surface area contributed by atoms with Gasteiger partial charge in [-0.15, -0.1) is 10.2 Å². The molecule has 8 heteroatoms. The van der Waals surface area contributed by atoms with Crippen LogP contribution < -0.4 is 5.43 Å². The summed E-state index contributed by atoms with van der Waals surface area (Å²) in [5, 5.41) is 9.84. The van der Waals surface area contributed by atoms with Crippen molar-refractivity contribution in [1.29, 1.82) is 0 Å². The number of carbonyl (C=O) groups is 1. The van der Waals surface area contributed by atoms with Gasteiger partial charge in [0.1, 0.15) is 5.25 Å². The zero-order valence-corrected chi connectivity index (χ0v) is 17.9. The summed E-state index contributed by atoms with van der Waals surface area (Å²) >= 11 is 7.60. The minimum atomic E-state index is -0.315. The Morgan fingerprint density at radius 3 is 2.47 bits per heavy atom. The van der Waals surface area contributed by atoms with E-state index in [1.54, 1.807) is 0 Å². The maximum Gasteiger partial charge on any atom is 0.238 e. The summed E-state index contributed by atoms with van der Waals surface area (Å²) in [6, 6.07) is 17.4. The fourth-order valence-corrected chi connectivity index (χ4v) is 5.32. The zero-order chi connectivity index (χ0) is 20.5. The average molecular weight is 440 g/mol. The van der Waals surface area contributed by atoms with Crippen LogP contribution in [0.15, 0.2) is 59.8 Å². The fourth-order valence-electron chi connectivity index (χ4n) is 4.03. The minimum absolute atomic E-state index is 0.155. The predicted octanol–water partition coefficient (Wildman–Crippen LogP) is 4.37. The molecule has 2 aliphatic heterocycles. The van der Waals surface area contributed by atoms with Crippen LogP contribution in [0, 0.1) is 0 Å². The lowest BCUT2D eigenvalue weighted by Gasteiger charge is -2.37. The maximum atomic E-state index is 13.5. The number of thioether (sulfide) groups is 1. The summed E-state index contributed by atoms with van der Waals surface area (Å²) in [7, 11) is 0. The van der Waals surface area contributed by atoms with Gasteiger partial charge in [-0.1, -0.05) is 65.8 Å². The van der Waals surface area contributed by atoms with Gasteiger partial charge < -0.3 is 10.3 Å². The number of benzene rings is 2. The van der Waals surface area contributed by atoms with Gasteiger partial charge in [-0.3, -0.25) is 4.79 Å². The maximum absolute atomic E-state index is 13.5. The standard InChI is InChI=1S/C22H22ClN5OS/c23-17-11-9-15(10-12-17)18-19(21(29)27-13-5-2-6-14-27)30-22-25-24-20(28(22)26-18)16-7-3-1-4-8-16/h1,3-4,7-12,18-19,26H,2,5-6,13-14H2/t18-,19-/m0/s1. The minimum Gasteiger partial charge on any atom is -0.342 e. The average Bonchev–Trinajstić information content (AvgIpc) is 3.22. The SMILES string of the molecule is O=C([C@H]1Sc2nnc(-c3ccccc3)n2N[C@H]1c1ccc(Cl)cc1)N1CCCCC1. The van der Waals surface area contributed by atoms with E-state index in [0.29, 0.717) is 10.2 Å². The number of halogens is 1. The number of likely N-dealkylation sites (tertiary alicyclic amines) is 1. The van der Waals surface area contributed by atoms with Crippen molar-refractivity contribution >= 4 is 29.3 Å². The molecule has 30 heavy (non-hydrogen) atoms. The van der Waals surface area contributed by atoms with E-state index >= 15 is 0 Å². The molecule has 2 atom stereocenters. The number of nitrogens with zero attached hydrogens (tertiary/aromatic N) is 4. The molecular weight excluding hydrogens is 418 g/mol. The van der Waals surface area contributed by atoms with Crippen molar-refractivity contribution in [3.63, 3.8) is 0 Å². The molecule has 3 aromatic rings. The molecule has 6 nitrogen and oxygen atoms in total. The Labute approximate surface area is 184 Å². The number of amides is 1. The number of fused-ring (bicyclic) bond motifs is 1. The molecule has 5 rings (SSSR count). The van der Waals surface area contributed by atoms with Gasteiger partial charge in [-0.2, -0.15) is 0 Å². The normalized spacial score (nSPS) is 21.0. The second-order valence-electron chi connectivity index (χ2n) is 7.59. The molecule has 0 spiro atoms. The molecule has 3 heterocycles. The van der Waals surface area contributed by atoms with E-state index in [2.05, 4.69) is 15.6 Å². The van der Waals surface area contributed by atoms with Gasteiger partial charge in [0.2, 0.25) is 11.1 Å². The van der Waals surface area contributed by atoms with Crippen LogP contribution in [-0.2, 0) is 4.79 Å². The highest BCUT2D eigenvalue weighted by Crippen LogP contribution is 2.39. The second-order valence-corrected chi connectivity index (χ2v) is 9.14. The third-order valence-electron chi connectivity index (χ3n) is 5.61. The Morgan fingerprint density at radius 2 is 1.73 bits per heavy atom. The molecule has 0 aliphatic carbocycles. The van der Waals surface area contributed by atoms with E-state index in [4.69, 9.17) is 11.6 Å². The Bertz CT molecular complexity index is 1030. The molecule has 1 saturated heterocycles. The molecular formula is C22H22ClN5OS. The van der Waals surface area contributed by atoms with Crippen LogP contribution in [0.2, 0.25) is 5.02 Å². The lowest BCUT2D eigenvalue weighted by atomic mass is 10.0. The summed E-state index contributed by atoms with van der Waals surface area (Å²) < 4.78 is 1.90. The number of aromatic nitrogens is 3. The molecule has 0 radical (unpaired) electrons. The lowest BCUT2D eigenvalue weighted by molar-refractivity contribution is -0.131. The summed E-state index contributed by atoms with van der Waals surface area (Å²) in [6.07, 6.45) is 3.32. The van der Waals surface area contributed by atoms with Gasteiger partial charge in [-0.25, -0.2) is 4.68 Å². The number of rotatable bonds is 3. The van der Waals surface area contributed by atoms with Crippen LogP contribution in [0.4, 0.5) is 0 Å². The number of carbonyl (C=O) groups excluding carboxylic acids is 1. The van der Waals surface area contributed by atoms with Gasteiger partial charge in [0.15, 0.2) is 5.82 Å². The van der Waals surface area contributed by atoms with Crippen molar-refractivity contribution in [2.75, 3.05) is 18.5 Å². The van der Waals surface area contributed by atoms with E-state index in [1.807, 2.05) is 64.2 Å². The van der Waals surface area contributed by atoms with Crippen molar-refractivity contribution in [2.45, 2.75) is 35.7 Å². The largest absolute Gasteiger partial charge is 0.342 e. The van der Waals surface area contributed by atoms with E-state index in [-0.39, 0.29) is 17.2 Å². The predicted molar refractivity (Wildman–Crippen MR) is 119 cm³/mol. The highest BCUT2D eigenvalue weighted by Gasteiger charge is 2.40. The highest BCUT2D eigenvalue weighted by molar-refractivity contribution is 8.00. The van der Waals surface area contributed by atoms with Gasteiger partial charge in [0, 0.05) is 23.7 Å². The quantitative estimate of drug-likeness (QED) is 0.656. The Morgan fingerprint density at radius 1 is 1.00 bits per heavy atom. The zero-order valence-electron chi connectivity index (χ0n) is 16.4. The van der Waals surface area contributed by atoms with Crippen molar-refractivity contribution in [3.05, 3.63) is 65.2 Å². The first kappa shape index (κ1) is 19.5. The van der Waals surface area contributed by atoms with E-state index in [1.165, 1.54) is 18.2 Å². The van der Waals surface area contributed by atoms with Crippen LogP contribution in [0.3, 0.4) is 0 Å². The van der Waals surface area contributed by atoms with E-state index in [0.717, 1.165) is 42.9 Å². The molecule has 1 N–H and O–H groups in total. The van der Waals surface area contributed by atoms with Crippen molar-refractivity contribution in [3.8, 4) is 11.4 Å². The molecule has 0 bridgehead atoms. The monoisotopic (exact) mass is 439 g/mol. The molecule has 154 valence electrons. The highest BCUT2D eigenvalue weighted by atomic mass is 35.5. The Balaban J connectivity index is 1.53. The van der Waals surface area contributed by atoms with Gasteiger partial charge in [-0.05, 0) is 37.0 Å². The van der Waals surface area contributed by atoms with Crippen molar-refractivity contribution < 1.29 is 4.79 Å². The number of piperidine rings is 1. The number of hydrogen-bond donors (Lipinski definition) is 1. The van der Waals surface area contributed by atoms with Crippen molar-refractivity contribution in [2.24, 2.45) is 0 Å². The topological polar surface area (TPSA) is 63.1 Å². The molecule has 0 unspecified atom stereocenters. The summed E-state index contributed by atoms with van der Waals surface area (Å²) in [6.45, 7) is 1.65. The van der Waals surface area contributed by atoms with Crippen molar-refractivity contribution in [1.82, 2.24) is 19.8 Å². The Hall–Kier alpha value is -2.51. The van der Waals surface area contributed by atoms with Crippen LogP contribution >= 0.6 is 23.4 Å². The molecule has 1 amide bonds. The van der Waals surface area contributed by atoms with Gasteiger partial charge in [0.25, 0.3) is 0 Å². The first-order valence-electron chi connectivity index (χ1n) is 10.2. The fraction of sp³-hybridized carbons (Fsp3) is 0.318. The van der Waals surface area contributed by atoms with Crippen LogP contribution in [0.5, 0.6) is 0 Å². The lowest BCUT2D eigenvalue weighted by Crippen LogP contribution is -2.47. The molecule has 1 fully saturated rings. The molecule has 1 aromatic heterocycles. The van der Waals surface area contributed by atoms with E-state index < -0.39 is 0 Å².